The molecule has 0 spiro atoms. The number of rotatable bonds is 4. The van der Waals surface area contributed by atoms with Gasteiger partial charge in [0, 0.05) is 13.9 Å². The molecule has 0 fully saturated rings. The van der Waals surface area contributed by atoms with Gasteiger partial charge in [-0.05, 0) is 39.9 Å². The van der Waals surface area contributed by atoms with Gasteiger partial charge >= 0.3 is 0 Å². The summed E-state index contributed by atoms with van der Waals surface area (Å²) in [5, 5.41) is 5.72. The largest absolute Gasteiger partial charge is 0.353 e. The van der Waals surface area contributed by atoms with Gasteiger partial charge in [-0.3, -0.25) is 4.79 Å². The number of nitrogens with one attached hydrogen (secondary N) is 2. The molecule has 0 heterocycles. The molecular weight excluding hydrogens is 242 g/mol. The summed E-state index contributed by atoms with van der Waals surface area (Å²) in [6.07, 6.45) is 0.636. The average molecular weight is 279 g/mol. The molecule has 0 radical (unpaired) electrons. The first kappa shape index (κ1) is 26.6. The van der Waals surface area contributed by atoms with Crippen LogP contribution in [0.2, 0.25) is 0 Å². The van der Waals surface area contributed by atoms with Gasteiger partial charge < -0.3 is 21.2 Å². The molecule has 0 rings (SSSR count). The van der Waals surface area contributed by atoms with Crippen LogP contribution < -0.4 is 16.4 Å². The first-order valence-electron chi connectivity index (χ1n) is 6.59. The predicted molar refractivity (Wildman–Crippen MR) is 86.2 cm³/mol. The third kappa shape index (κ3) is 31.6. The smallest absolute Gasteiger partial charge is 0.220 e. The maximum Gasteiger partial charge on any atom is 0.220 e. The predicted octanol–water partition coefficient (Wildman–Crippen LogP) is 1.66. The maximum atomic E-state index is 11.3. The van der Waals surface area contributed by atoms with Crippen LogP contribution in [0.25, 0.3) is 0 Å². The van der Waals surface area contributed by atoms with E-state index in [1.54, 1.807) is 0 Å². The Morgan fingerprint density at radius 3 is 1.63 bits per heavy atom. The van der Waals surface area contributed by atoms with E-state index in [2.05, 4.69) is 44.1 Å². The molecule has 0 unspecified atom stereocenters. The van der Waals surface area contributed by atoms with E-state index >= 15 is 0 Å². The Morgan fingerprint density at radius 1 is 1.11 bits per heavy atom. The van der Waals surface area contributed by atoms with E-state index in [1.165, 1.54) is 7.05 Å². The van der Waals surface area contributed by atoms with Crippen LogP contribution in [0.5, 0.6) is 0 Å². The lowest BCUT2D eigenvalue weighted by Crippen LogP contribution is -2.36. The second-order valence-electron chi connectivity index (χ2n) is 4.70. The van der Waals surface area contributed by atoms with Crippen LogP contribution in [0, 0.1) is 11.8 Å². The van der Waals surface area contributed by atoms with Crippen LogP contribution in [0.3, 0.4) is 0 Å². The molecule has 5 nitrogen and oxygen atoms in total. The van der Waals surface area contributed by atoms with Gasteiger partial charge in [-0.15, -0.1) is 0 Å². The standard InChI is InChI=1S/C10H21NO.C2H7N.CH5N.CH2O.H2/c1-7(2)6-10(12)11-9(5)8(3)4;1-3-2;2*1-2;/h7-9H,6H2,1-5H3,(H,11,12);3H,1-2H3;2H2,1H3;1H2;1H/t9-;;;;/m1..../s1. The minimum atomic E-state index is 0. The molecule has 0 aliphatic carbocycles. The molecule has 0 saturated heterocycles. The third-order valence-electron chi connectivity index (χ3n) is 1.98. The van der Waals surface area contributed by atoms with Crippen LogP contribution in [-0.4, -0.2) is 39.9 Å². The molecule has 4 N–H and O–H groups in total. The number of carbonyl (C=O) groups excluding carboxylic acids is 2. The van der Waals surface area contributed by atoms with Crippen molar-refractivity contribution in [2.75, 3.05) is 21.1 Å². The Bertz CT molecular complexity index is 180. The number of hydrogen-bond acceptors (Lipinski definition) is 4. The van der Waals surface area contributed by atoms with E-state index < -0.39 is 0 Å². The van der Waals surface area contributed by atoms with Crippen LogP contribution in [0.15, 0.2) is 0 Å². The zero-order valence-electron chi connectivity index (χ0n) is 14.0. The quantitative estimate of drug-likeness (QED) is 0.731. The fraction of sp³-hybridized carbons (Fsp3) is 0.857. The van der Waals surface area contributed by atoms with Gasteiger partial charge in [0.2, 0.25) is 5.91 Å². The summed E-state index contributed by atoms with van der Waals surface area (Å²) in [5.41, 5.74) is 4.50. The zero-order chi connectivity index (χ0) is 16.4. The van der Waals surface area contributed by atoms with Crippen LogP contribution in [0.1, 0.15) is 42.5 Å². The Morgan fingerprint density at radius 2 is 1.42 bits per heavy atom. The average Bonchev–Trinajstić information content (AvgIpc) is 2.33. The molecule has 5 heteroatoms. The molecule has 120 valence electrons. The zero-order valence-corrected chi connectivity index (χ0v) is 14.0. The summed E-state index contributed by atoms with van der Waals surface area (Å²) in [6, 6.07) is 0.288. The highest BCUT2D eigenvalue weighted by molar-refractivity contribution is 5.76. The molecule has 0 aromatic heterocycles. The molecule has 0 aromatic carbocycles. The SMILES string of the molecule is C=O.CC(C)CC(=O)N[C@H](C)C(C)C.CN.CNC.[HH]. The molecule has 0 bridgehead atoms. The van der Waals surface area contributed by atoms with Crippen LogP contribution >= 0.6 is 0 Å². The van der Waals surface area contributed by atoms with Crippen LogP contribution in [0.4, 0.5) is 0 Å². The van der Waals surface area contributed by atoms with Crippen molar-refractivity contribution in [3.05, 3.63) is 0 Å². The monoisotopic (exact) mass is 279 g/mol. The van der Waals surface area contributed by atoms with Gasteiger partial charge in [0.1, 0.15) is 6.79 Å². The molecular formula is C14H37N3O2. The molecule has 0 aliphatic heterocycles. The van der Waals surface area contributed by atoms with Gasteiger partial charge in [0.05, 0.1) is 0 Å². The first-order chi connectivity index (χ1) is 8.84. The van der Waals surface area contributed by atoms with Crippen molar-refractivity contribution in [2.45, 2.75) is 47.1 Å². The lowest BCUT2D eigenvalue weighted by atomic mass is 10.1. The summed E-state index contributed by atoms with van der Waals surface area (Å²) in [5.74, 6) is 1.14. The van der Waals surface area contributed by atoms with Crippen molar-refractivity contribution in [2.24, 2.45) is 17.6 Å². The minimum Gasteiger partial charge on any atom is -0.353 e. The number of carbonyl (C=O) groups is 2. The van der Waals surface area contributed by atoms with Crippen molar-refractivity contribution < 1.29 is 11.0 Å². The van der Waals surface area contributed by atoms with Crippen molar-refractivity contribution in [3.63, 3.8) is 0 Å². The molecule has 0 aromatic rings. The number of amides is 1. The Hall–Kier alpha value is -0.940. The molecule has 1 atom stereocenters. The number of hydrogen-bond donors (Lipinski definition) is 3. The fourth-order valence-corrected chi connectivity index (χ4v) is 0.850. The van der Waals surface area contributed by atoms with E-state index in [-0.39, 0.29) is 13.4 Å². The highest BCUT2D eigenvalue weighted by Crippen LogP contribution is 2.03. The van der Waals surface area contributed by atoms with Gasteiger partial charge in [0.25, 0.3) is 0 Å². The van der Waals surface area contributed by atoms with E-state index in [9.17, 15) is 4.79 Å². The second kappa shape index (κ2) is 22.3. The Kier molecular flexibility index (Phi) is 31.1. The van der Waals surface area contributed by atoms with Crippen LogP contribution in [-0.2, 0) is 9.59 Å². The van der Waals surface area contributed by atoms with Crippen molar-refractivity contribution >= 4 is 12.7 Å². The molecule has 0 saturated carbocycles. The maximum absolute atomic E-state index is 11.3. The first-order valence-corrected chi connectivity index (χ1v) is 6.59. The fourth-order valence-electron chi connectivity index (χ4n) is 0.850. The van der Waals surface area contributed by atoms with E-state index in [1.807, 2.05) is 27.8 Å². The van der Waals surface area contributed by atoms with Gasteiger partial charge in [0.15, 0.2) is 0 Å². The van der Waals surface area contributed by atoms with Crippen molar-refractivity contribution in [3.8, 4) is 0 Å². The summed E-state index contributed by atoms with van der Waals surface area (Å²) < 4.78 is 0. The second-order valence-corrected chi connectivity index (χ2v) is 4.70. The summed E-state index contributed by atoms with van der Waals surface area (Å²) in [7, 11) is 5.25. The van der Waals surface area contributed by atoms with E-state index in [0.717, 1.165) is 0 Å². The normalized spacial score (nSPS) is 10.1. The molecule has 1 amide bonds. The summed E-state index contributed by atoms with van der Waals surface area (Å²) >= 11 is 0. The lowest BCUT2D eigenvalue weighted by Gasteiger charge is -2.17. The van der Waals surface area contributed by atoms with Crippen molar-refractivity contribution in [1.29, 1.82) is 0 Å². The topological polar surface area (TPSA) is 84.2 Å². The number of nitrogens with two attached hydrogens (primary N) is 1. The third-order valence-corrected chi connectivity index (χ3v) is 1.98. The molecule has 19 heavy (non-hydrogen) atoms. The lowest BCUT2D eigenvalue weighted by molar-refractivity contribution is -0.122. The summed E-state index contributed by atoms with van der Waals surface area (Å²) in [4.78, 5) is 19.3. The highest BCUT2D eigenvalue weighted by Gasteiger charge is 2.11. The van der Waals surface area contributed by atoms with Crippen molar-refractivity contribution in [1.82, 2.24) is 10.6 Å². The van der Waals surface area contributed by atoms with Gasteiger partial charge in [-0.2, -0.15) is 0 Å². The Balaban J connectivity index is -0.0000000802. The van der Waals surface area contributed by atoms with E-state index in [4.69, 9.17) is 4.79 Å². The summed E-state index contributed by atoms with van der Waals surface area (Å²) in [6.45, 7) is 12.4. The van der Waals surface area contributed by atoms with Gasteiger partial charge in [-0.25, -0.2) is 0 Å². The van der Waals surface area contributed by atoms with E-state index in [0.29, 0.717) is 18.3 Å². The Labute approximate surface area is 121 Å². The minimum absolute atomic E-state index is 0. The molecule has 0 aliphatic rings. The van der Waals surface area contributed by atoms with Gasteiger partial charge in [-0.1, -0.05) is 27.7 Å². The highest BCUT2D eigenvalue weighted by atomic mass is 16.1.